The maximum Gasteiger partial charge on any atom is 0.122 e. The van der Waals surface area contributed by atoms with Crippen LogP contribution in [0.4, 0.5) is 0 Å². The summed E-state index contributed by atoms with van der Waals surface area (Å²) >= 11 is 6.28. The van der Waals surface area contributed by atoms with Crippen molar-refractivity contribution in [3.63, 3.8) is 0 Å². The van der Waals surface area contributed by atoms with Crippen LogP contribution in [0.1, 0.15) is 52.5 Å². The minimum absolute atomic E-state index is 0.112. The van der Waals surface area contributed by atoms with Gasteiger partial charge >= 0.3 is 0 Å². The van der Waals surface area contributed by atoms with Crippen LogP contribution in [-0.2, 0) is 5.41 Å². The number of nitrogens with one attached hydrogen (secondary N) is 1. The average Bonchev–Trinajstić information content (AvgIpc) is 2.78. The smallest absolute Gasteiger partial charge is 0.122 e. The van der Waals surface area contributed by atoms with Crippen molar-refractivity contribution in [3.05, 3.63) is 28.8 Å². The largest absolute Gasteiger partial charge is 0.496 e. The van der Waals surface area contributed by atoms with Crippen molar-refractivity contribution in [1.82, 2.24) is 5.32 Å². The summed E-state index contributed by atoms with van der Waals surface area (Å²) in [4.78, 5) is 0. The van der Waals surface area contributed by atoms with Crippen molar-refractivity contribution < 1.29 is 4.74 Å². The molecule has 1 aliphatic rings. The molecule has 1 N–H and O–H groups in total. The van der Waals surface area contributed by atoms with Gasteiger partial charge in [-0.25, -0.2) is 0 Å². The summed E-state index contributed by atoms with van der Waals surface area (Å²) in [5.74, 6) is 1.59. The fourth-order valence-corrected chi connectivity index (χ4v) is 3.67. The van der Waals surface area contributed by atoms with Gasteiger partial charge in [-0.3, -0.25) is 0 Å². The second-order valence-corrected chi connectivity index (χ2v) is 7.83. The number of benzene rings is 1. The lowest BCUT2D eigenvalue weighted by Gasteiger charge is -2.38. The third-order valence-corrected chi connectivity index (χ3v) is 5.07. The van der Waals surface area contributed by atoms with Crippen LogP contribution in [0.5, 0.6) is 5.75 Å². The van der Waals surface area contributed by atoms with E-state index in [1.807, 2.05) is 12.1 Å². The summed E-state index contributed by atoms with van der Waals surface area (Å²) in [6, 6.07) is 6.02. The Balaban J connectivity index is 2.43. The molecular formula is C18H28ClNO. The highest BCUT2D eigenvalue weighted by Gasteiger charge is 2.43. The third-order valence-electron chi connectivity index (χ3n) is 4.84. The molecule has 21 heavy (non-hydrogen) atoms. The number of hydrogen-bond acceptors (Lipinski definition) is 2. The van der Waals surface area contributed by atoms with Gasteiger partial charge < -0.3 is 10.1 Å². The standard InChI is InChI=1S/C18H28ClNO/c1-13-7-6-10-18(13,12-20-17(2,3)4)15-11-14(19)8-9-16(15)21-5/h8-9,11,13,20H,6-7,10,12H2,1-5H3. The first kappa shape index (κ1) is 16.6. The van der Waals surface area contributed by atoms with Gasteiger partial charge in [0.2, 0.25) is 0 Å². The molecule has 2 nitrogen and oxygen atoms in total. The molecule has 0 spiro atoms. The number of methoxy groups -OCH3 is 1. The Morgan fingerprint density at radius 2 is 2.10 bits per heavy atom. The predicted molar refractivity (Wildman–Crippen MR) is 90.5 cm³/mol. The van der Waals surface area contributed by atoms with Gasteiger partial charge in [0.1, 0.15) is 5.75 Å². The fraction of sp³-hybridized carbons (Fsp3) is 0.667. The first-order valence-corrected chi connectivity index (χ1v) is 8.25. The number of hydrogen-bond donors (Lipinski definition) is 1. The van der Waals surface area contributed by atoms with E-state index in [9.17, 15) is 0 Å². The molecule has 0 amide bonds. The lowest BCUT2D eigenvalue weighted by Crippen LogP contribution is -2.47. The average molecular weight is 310 g/mol. The molecule has 1 saturated carbocycles. The van der Waals surface area contributed by atoms with E-state index in [0.29, 0.717) is 5.92 Å². The van der Waals surface area contributed by atoms with Gasteiger partial charge in [0.15, 0.2) is 0 Å². The first-order chi connectivity index (χ1) is 9.78. The summed E-state index contributed by atoms with van der Waals surface area (Å²) in [6.07, 6.45) is 3.72. The molecule has 118 valence electrons. The van der Waals surface area contributed by atoms with Crippen molar-refractivity contribution in [3.8, 4) is 5.75 Å². The molecule has 0 saturated heterocycles. The molecule has 2 rings (SSSR count). The van der Waals surface area contributed by atoms with Crippen LogP contribution in [0.15, 0.2) is 18.2 Å². The maximum atomic E-state index is 6.28. The van der Waals surface area contributed by atoms with Gasteiger partial charge in [0.05, 0.1) is 7.11 Å². The van der Waals surface area contributed by atoms with Crippen molar-refractivity contribution in [1.29, 1.82) is 0 Å². The lowest BCUT2D eigenvalue weighted by atomic mass is 9.72. The monoisotopic (exact) mass is 309 g/mol. The zero-order chi connectivity index (χ0) is 15.7. The topological polar surface area (TPSA) is 21.3 Å². The SMILES string of the molecule is COc1ccc(Cl)cc1C1(CNC(C)(C)C)CCCC1C. The molecule has 1 fully saturated rings. The summed E-state index contributed by atoms with van der Waals surface area (Å²) in [7, 11) is 1.75. The van der Waals surface area contributed by atoms with Gasteiger partial charge in [-0.2, -0.15) is 0 Å². The Labute approximate surface area is 134 Å². The zero-order valence-electron chi connectivity index (χ0n) is 13.9. The van der Waals surface area contributed by atoms with Crippen LogP contribution in [0.3, 0.4) is 0 Å². The van der Waals surface area contributed by atoms with Crippen LogP contribution >= 0.6 is 11.6 Å². The molecular weight excluding hydrogens is 282 g/mol. The summed E-state index contributed by atoms with van der Waals surface area (Å²) in [6.45, 7) is 9.98. The summed E-state index contributed by atoms with van der Waals surface area (Å²) in [5.41, 5.74) is 1.49. The van der Waals surface area contributed by atoms with Gasteiger partial charge in [-0.15, -0.1) is 0 Å². The molecule has 0 radical (unpaired) electrons. The van der Waals surface area contributed by atoms with E-state index in [0.717, 1.165) is 17.3 Å². The van der Waals surface area contributed by atoms with E-state index in [1.165, 1.54) is 24.8 Å². The molecule has 2 unspecified atom stereocenters. The van der Waals surface area contributed by atoms with Crippen LogP contribution in [0.2, 0.25) is 5.02 Å². The Morgan fingerprint density at radius 1 is 1.38 bits per heavy atom. The molecule has 0 bridgehead atoms. The molecule has 2 atom stereocenters. The highest BCUT2D eigenvalue weighted by molar-refractivity contribution is 6.30. The van der Waals surface area contributed by atoms with Crippen molar-refractivity contribution in [2.75, 3.05) is 13.7 Å². The van der Waals surface area contributed by atoms with Crippen molar-refractivity contribution >= 4 is 11.6 Å². The minimum atomic E-state index is 0.112. The Hall–Kier alpha value is -0.730. The van der Waals surface area contributed by atoms with Crippen LogP contribution in [0.25, 0.3) is 0 Å². The van der Waals surface area contributed by atoms with E-state index in [1.54, 1.807) is 7.11 Å². The summed E-state index contributed by atoms with van der Waals surface area (Å²) < 4.78 is 5.63. The maximum absolute atomic E-state index is 6.28. The van der Waals surface area contributed by atoms with Crippen LogP contribution in [0, 0.1) is 5.92 Å². The molecule has 0 aliphatic heterocycles. The number of ether oxygens (including phenoxy) is 1. The summed E-state index contributed by atoms with van der Waals surface area (Å²) in [5, 5.41) is 4.50. The Kier molecular flexibility index (Phi) is 4.89. The van der Waals surface area contributed by atoms with Crippen molar-refractivity contribution in [2.24, 2.45) is 5.92 Å². The van der Waals surface area contributed by atoms with E-state index in [4.69, 9.17) is 16.3 Å². The first-order valence-electron chi connectivity index (χ1n) is 7.87. The number of rotatable bonds is 4. The second kappa shape index (κ2) is 6.18. The predicted octanol–water partition coefficient (Wildman–Crippen LogP) is 4.79. The Morgan fingerprint density at radius 3 is 2.62 bits per heavy atom. The van der Waals surface area contributed by atoms with Gasteiger partial charge in [-0.05, 0) is 57.7 Å². The Bertz CT molecular complexity index is 494. The van der Waals surface area contributed by atoms with E-state index >= 15 is 0 Å². The minimum Gasteiger partial charge on any atom is -0.496 e. The van der Waals surface area contributed by atoms with Gasteiger partial charge in [-0.1, -0.05) is 24.9 Å². The molecule has 1 aromatic carbocycles. The highest BCUT2D eigenvalue weighted by Crippen LogP contribution is 2.49. The van der Waals surface area contributed by atoms with Crippen LogP contribution < -0.4 is 10.1 Å². The van der Waals surface area contributed by atoms with Crippen LogP contribution in [-0.4, -0.2) is 19.2 Å². The molecule has 0 aromatic heterocycles. The second-order valence-electron chi connectivity index (χ2n) is 7.40. The normalized spacial score (nSPS) is 26.1. The highest BCUT2D eigenvalue weighted by atomic mass is 35.5. The number of halogens is 1. The fourth-order valence-electron chi connectivity index (χ4n) is 3.50. The lowest BCUT2D eigenvalue weighted by molar-refractivity contribution is 0.270. The molecule has 1 aliphatic carbocycles. The zero-order valence-corrected chi connectivity index (χ0v) is 14.7. The van der Waals surface area contributed by atoms with Crippen molar-refractivity contribution in [2.45, 2.75) is 57.9 Å². The van der Waals surface area contributed by atoms with Gasteiger partial charge in [0.25, 0.3) is 0 Å². The molecule has 0 heterocycles. The quantitative estimate of drug-likeness (QED) is 0.863. The van der Waals surface area contributed by atoms with E-state index in [-0.39, 0.29) is 11.0 Å². The van der Waals surface area contributed by atoms with Gasteiger partial charge in [0, 0.05) is 28.1 Å². The molecule has 1 aromatic rings. The van der Waals surface area contributed by atoms with E-state index in [2.05, 4.69) is 39.1 Å². The third kappa shape index (κ3) is 3.54. The van der Waals surface area contributed by atoms with E-state index < -0.39 is 0 Å². The molecule has 3 heteroatoms.